The number of rotatable bonds is 6. The minimum Gasteiger partial charge on any atom is -0.420 e. The summed E-state index contributed by atoms with van der Waals surface area (Å²) in [6, 6.07) is 7.46. The van der Waals surface area contributed by atoms with Gasteiger partial charge < -0.3 is 14.4 Å². The maximum atomic E-state index is 13.0. The molecule has 0 bridgehead atoms. The first-order valence-electron chi connectivity index (χ1n) is 10.7. The first-order valence-corrected chi connectivity index (χ1v) is 10.7. The molecule has 0 saturated carbocycles. The van der Waals surface area contributed by atoms with E-state index < -0.39 is 62.5 Å². The maximum Gasteiger partial charge on any atom is 0.416 e. The molecule has 0 fully saturated rings. The number of nitriles is 1. The molecule has 0 aliphatic rings. The number of carbonyl (C=O) groups excluding carboxylic acids is 3. The van der Waals surface area contributed by atoms with Crippen LogP contribution in [0.25, 0.3) is 5.76 Å². The highest BCUT2D eigenvalue weighted by Crippen LogP contribution is 2.36. The zero-order chi connectivity index (χ0) is 29.0. The van der Waals surface area contributed by atoms with Gasteiger partial charge in [0.25, 0.3) is 5.69 Å². The van der Waals surface area contributed by atoms with Crippen LogP contribution in [-0.4, -0.2) is 41.8 Å². The fourth-order valence-electron chi connectivity index (χ4n) is 2.88. The van der Waals surface area contributed by atoms with Crippen molar-refractivity contribution < 1.29 is 42.0 Å². The second-order valence-corrected chi connectivity index (χ2v) is 9.06. The van der Waals surface area contributed by atoms with Gasteiger partial charge in [-0.25, -0.2) is 9.59 Å². The van der Waals surface area contributed by atoms with Crippen LogP contribution in [0, 0.1) is 26.9 Å². The highest BCUT2D eigenvalue weighted by atomic mass is 19.4. The normalized spacial score (nSPS) is 12.1. The topological polar surface area (TPSA) is 140 Å². The lowest BCUT2D eigenvalue weighted by Gasteiger charge is -2.19. The van der Waals surface area contributed by atoms with Gasteiger partial charge in [0.05, 0.1) is 27.7 Å². The van der Waals surface area contributed by atoms with Crippen molar-refractivity contribution >= 4 is 29.3 Å². The van der Waals surface area contributed by atoms with Crippen LogP contribution in [0.15, 0.2) is 48.0 Å². The van der Waals surface area contributed by atoms with Gasteiger partial charge in [0, 0.05) is 19.5 Å². The largest absolute Gasteiger partial charge is 0.420 e. The zero-order valence-corrected chi connectivity index (χ0v) is 20.9. The van der Waals surface area contributed by atoms with Gasteiger partial charge >= 0.3 is 18.2 Å². The molecule has 13 heteroatoms. The fourth-order valence-corrected chi connectivity index (χ4v) is 2.88. The number of ketones is 1. The van der Waals surface area contributed by atoms with E-state index >= 15 is 0 Å². The number of benzene rings is 2. The number of nitrogens with zero attached hydrogens (tertiary/aromatic N) is 3. The molecule has 0 atom stereocenters. The van der Waals surface area contributed by atoms with E-state index in [1.807, 2.05) is 0 Å². The Labute approximate surface area is 215 Å². The molecule has 0 heterocycles. The van der Waals surface area contributed by atoms with Gasteiger partial charge in [0.2, 0.25) is 0 Å². The average molecular weight is 533 g/mol. The van der Waals surface area contributed by atoms with Crippen LogP contribution in [0.3, 0.4) is 0 Å². The lowest BCUT2D eigenvalue weighted by molar-refractivity contribution is -0.385. The third-order valence-electron chi connectivity index (χ3n) is 4.87. The fraction of sp³-hybridized carbons (Fsp3) is 0.280. The summed E-state index contributed by atoms with van der Waals surface area (Å²) in [6.07, 6.45) is -5.52. The molecule has 0 aromatic heterocycles. The minimum absolute atomic E-state index is 0.256. The standard InChI is InChI=1S/C25H22F3N3O7/c1-24(2,3)21(32)18(13-29)20(38-22(33)14-6-8-15(9-7-14)25(26,27)28)17-11-10-16(12-19(17)31(35)36)37-23(34)30(4)5/h6-12H,1-5H3/b20-18-. The SMILES string of the molecule is CN(C)C(=O)Oc1ccc(/C(OC(=O)c2ccc(C(F)(F)F)cc2)=C(\C#N)C(=O)C(C)(C)C)c([N+](=O)[O-])c1. The van der Waals surface area contributed by atoms with Crippen LogP contribution in [0.2, 0.25) is 0 Å². The molecule has 0 spiro atoms. The Morgan fingerprint density at radius 2 is 1.61 bits per heavy atom. The Kier molecular flexibility index (Phi) is 8.63. The van der Waals surface area contributed by atoms with E-state index in [1.54, 1.807) is 6.07 Å². The summed E-state index contributed by atoms with van der Waals surface area (Å²) < 4.78 is 48.9. The lowest BCUT2D eigenvalue weighted by atomic mass is 9.85. The van der Waals surface area contributed by atoms with Crippen LogP contribution in [0.1, 0.15) is 42.3 Å². The van der Waals surface area contributed by atoms with Crippen molar-refractivity contribution in [2.45, 2.75) is 26.9 Å². The first-order chi connectivity index (χ1) is 17.5. The van der Waals surface area contributed by atoms with Crippen LogP contribution in [0.5, 0.6) is 5.75 Å². The molecule has 0 saturated heterocycles. The molecule has 0 N–H and O–H groups in total. The number of ether oxygens (including phenoxy) is 2. The molecular formula is C25H22F3N3O7. The molecule has 200 valence electrons. The van der Waals surface area contributed by atoms with Gasteiger partial charge in [-0.15, -0.1) is 0 Å². The predicted octanol–water partition coefficient (Wildman–Crippen LogP) is 5.38. The molecule has 0 aliphatic heterocycles. The Balaban J connectivity index is 2.71. The average Bonchev–Trinajstić information content (AvgIpc) is 2.82. The molecule has 10 nitrogen and oxygen atoms in total. The predicted molar refractivity (Wildman–Crippen MR) is 127 cm³/mol. The monoisotopic (exact) mass is 533 g/mol. The van der Waals surface area contributed by atoms with E-state index in [9.17, 15) is 42.9 Å². The molecule has 2 aromatic rings. The van der Waals surface area contributed by atoms with Crippen molar-refractivity contribution in [2.75, 3.05) is 14.1 Å². The summed E-state index contributed by atoms with van der Waals surface area (Å²) in [5.74, 6) is -3.14. The molecule has 0 radical (unpaired) electrons. The summed E-state index contributed by atoms with van der Waals surface area (Å²) >= 11 is 0. The van der Waals surface area contributed by atoms with Crippen molar-refractivity contribution in [1.29, 1.82) is 5.26 Å². The van der Waals surface area contributed by atoms with Crippen molar-refractivity contribution in [2.24, 2.45) is 5.41 Å². The number of Topliss-reactive ketones (excluding diaryl/α,β-unsaturated/α-hetero) is 1. The number of hydrogen-bond acceptors (Lipinski definition) is 8. The molecule has 2 rings (SSSR count). The van der Waals surface area contributed by atoms with Crippen LogP contribution >= 0.6 is 0 Å². The molecular weight excluding hydrogens is 511 g/mol. The Bertz CT molecular complexity index is 1350. The van der Waals surface area contributed by atoms with Gasteiger partial charge in [-0.3, -0.25) is 14.9 Å². The van der Waals surface area contributed by atoms with Gasteiger partial charge in [0.1, 0.15) is 17.4 Å². The number of alkyl halides is 3. The van der Waals surface area contributed by atoms with E-state index in [2.05, 4.69) is 0 Å². The Morgan fingerprint density at radius 3 is 2.05 bits per heavy atom. The molecule has 1 amide bonds. The van der Waals surface area contributed by atoms with Gasteiger partial charge in [-0.2, -0.15) is 18.4 Å². The van der Waals surface area contributed by atoms with Crippen molar-refractivity contribution in [3.63, 3.8) is 0 Å². The summed E-state index contributed by atoms with van der Waals surface area (Å²) in [5, 5.41) is 21.7. The zero-order valence-electron chi connectivity index (χ0n) is 20.9. The number of amides is 1. The number of hydrogen-bond donors (Lipinski definition) is 0. The van der Waals surface area contributed by atoms with Gasteiger partial charge in [-0.1, -0.05) is 20.8 Å². The minimum atomic E-state index is -4.67. The molecule has 0 aliphatic carbocycles. The first kappa shape index (κ1) is 29.5. The van der Waals surface area contributed by atoms with Crippen molar-refractivity contribution in [3.05, 3.63) is 74.8 Å². The highest BCUT2D eigenvalue weighted by molar-refractivity contribution is 6.10. The third-order valence-corrected chi connectivity index (χ3v) is 4.87. The number of allylic oxidation sites excluding steroid dienone is 1. The van der Waals surface area contributed by atoms with Crippen LogP contribution in [-0.2, 0) is 15.7 Å². The second kappa shape index (κ2) is 11.1. The second-order valence-electron chi connectivity index (χ2n) is 9.06. The number of halogens is 3. The summed E-state index contributed by atoms with van der Waals surface area (Å²) in [5.41, 5.74) is -4.60. The van der Waals surface area contributed by atoms with Crippen LogP contribution in [0.4, 0.5) is 23.7 Å². The van der Waals surface area contributed by atoms with E-state index in [-0.39, 0.29) is 11.3 Å². The summed E-state index contributed by atoms with van der Waals surface area (Å²) in [7, 11) is 2.76. The van der Waals surface area contributed by atoms with E-state index in [4.69, 9.17) is 9.47 Å². The van der Waals surface area contributed by atoms with Crippen molar-refractivity contribution in [3.8, 4) is 11.8 Å². The molecule has 38 heavy (non-hydrogen) atoms. The van der Waals surface area contributed by atoms with Crippen LogP contribution < -0.4 is 4.74 Å². The van der Waals surface area contributed by atoms with E-state index in [1.165, 1.54) is 34.9 Å². The van der Waals surface area contributed by atoms with E-state index in [0.717, 1.165) is 35.2 Å². The third kappa shape index (κ3) is 6.94. The summed E-state index contributed by atoms with van der Waals surface area (Å²) in [4.78, 5) is 49.7. The number of esters is 1. The Morgan fingerprint density at radius 1 is 1.03 bits per heavy atom. The smallest absolute Gasteiger partial charge is 0.416 e. The summed E-state index contributed by atoms with van der Waals surface area (Å²) in [6.45, 7) is 4.38. The highest BCUT2D eigenvalue weighted by Gasteiger charge is 2.34. The molecule has 0 unspecified atom stereocenters. The van der Waals surface area contributed by atoms with Gasteiger partial charge in [0.15, 0.2) is 11.5 Å². The van der Waals surface area contributed by atoms with Crippen molar-refractivity contribution in [1.82, 2.24) is 4.90 Å². The number of carbonyl (C=O) groups is 3. The van der Waals surface area contributed by atoms with Gasteiger partial charge in [-0.05, 0) is 36.4 Å². The molecule has 2 aromatic carbocycles. The lowest BCUT2D eigenvalue weighted by Crippen LogP contribution is -2.25. The van der Waals surface area contributed by atoms with E-state index in [0.29, 0.717) is 12.1 Å². The number of nitro groups is 1. The number of nitro benzene ring substituents is 1. The Hall–Kier alpha value is -4.73. The maximum absolute atomic E-state index is 13.0. The quantitative estimate of drug-likeness (QED) is 0.120.